The van der Waals surface area contributed by atoms with Crippen LogP contribution in [0.3, 0.4) is 0 Å². The maximum atomic E-state index is 5.53. The number of anilines is 1. The van der Waals surface area contributed by atoms with Gasteiger partial charge in [0.25, 0.3) is 0 Å². The molecule has 2 heterocycles. The first-order chi connectivity index (χ1) is 8.29. The van der Waals surface area contributed by atoms with Crippen LogP contribution in [0, 0.1) is 0 Å². The number of nitrogens with two attached hydrogens (primary N) is 1. The molecule has 1 aromatic heterocycles. The van der Waals surface area contributed by atoms with E-state index in [1.165, 1.54) is 0 Å². The Morgan fingerprint density at radius 3 is 2.94 bits per heavy atom. The fourth-order valence-electron chi connectivity index (χ4n) is 1.76. The number of hydrogen-bond acceptors (Lipinski definition) is 6. The zero-order chi connectivity index (χ0) is 11.8. The van der Waals surface area contributed by atoms with Gasteiger partial charge in [-0.25, -0.2) is 0 Å². The largest absolute Gasteiger partial charge is 0.496 e. The van der Waals surface area contributed by atoms with Gasteiger partial charge in [-0.3, -0.25) is 0 Å². The summed E-state index contributed by atoms with van der Waals surface area (Å²) in [5.41, 5.74) is 6.19. The van der Waals surface area contributed by atoms with E-state index in [0.717, 1.165) is 0 Å². The van der Waals surface area contributed by atoms with E-state index in [0.29, 0.717) is 34.4 Å². The molecule has 17 heavy (non-hydrogen) atoms. The zero-order valence-corrected chi connectivity index (χ0v) is 9.10. The molecule has 2 aromatic rings. The van der Waals surface area contributed by atoms with Gasteiger partial charge in [0.15, 0.2) is 23.1 Å². The Labute approximate surface area is 96.9 Å². The normalized spacial score (nSPS) is 12.8. The second-order valence-electron chi connectivity index (χ2n) is 3.49. The number of nitrogens with zero attached hydrogens (tertiary/aromatic N) is 1. The summed E-state index contributed by atoms with van der Waals surface area (Å²) in [4.78, 5) is 0. The van der Waals surface area contributed by atoms with E-state index in [1.54, 1.807) is 25.3 Å². The lowest BCUT2D eigenvalue weighted by atomic mass is 10.1. The standard InChI is InChI=1S/C11H10N2O4/c1-14-6-2-3-7-11(16-5-15-7)10(6)8-4-9(12)13-17-8/h2-4H,5H2,1H3,(H2,12,13). The lowest BCUT2D eigenvalue weighted by Crippen LogP contribution is -1.94. The van der Waals surface area contributed by atoms with Gasteiger partial charge in [-0.15, -0.1) is 0 Å². The molecule has 2 N–H and O–H groups in total. The predicted molar refractivity (Wildman–Crippen MR) is 59.0 cm³/mol. The van der Waals surface area contributed by atoms with Crippen LogP contribution in [0.1, 0.15) is 0 Å². The highest BCUT2D eigenvalue weighted by molar-refractivity contribution is 5.78. The number of nitrogen functional groups attached to an aromatic ring is 1. The van der Waals surface area contributed by atoms with Crippen LogP contribution in [0.2, 0.25) is 0 Å². The highest BCUT2D eigenvalue weighted by atomic mass is 16.7. The Morgan fingerprint density at radius 1 is 1.35 bits per heavy atom. The van der Waals surface area contributed by atoms with E-state index in [2.05, 4.69) is 5.16 Å². The molecular weight excluding hydrogens is 224 g/mol. The average molecular weight is 234 g/mol. The topological polar surface area (TPSA) is 79.7 Å². The predicted octanol–water partition coefficient (Wildman–Crippen LogP) is 1.66. The summed E-state index contributed by atoms with van der Waals surface area (Å²) in [5.74, 6) is 2.64. The molecule has 0 bridgehead atoms. The van der Waals surface area contributed by atoms with Crippen molar-refractivity contribution >= 4 is 5.82 Å². The highest BCUT2D eigenvalue weighted by Crippen LogP contribution is 2.46. The van der Waals surface area contributed by atoms with Gasteiger partial charge in [-0.05, 0) is 12.1 Å². The molecule has 1 aromatic carbocycles. The van der Waals surface area contributed by atoms with Crippen molar-refractivity contribution in [2.45, 2.75) is 0 Å². The van der Waals surface area contributed by atoms with Crippen LogP contribution in [0.15, 0.2) is 22.7 Å². The van der Waals surface area contributed by atoms with E-state index < -0.39 is 0 Å². The van der Waals surface area contributed by atoms with E-state index in [-0.39, 0.29) is 6.79 Å². The molecule has 6 heteroatoms. The van der Waals surface area contributed by atoms with Crippen molar-refractivity contribution < 1.29 is 18.7 Å². The maximum Gasteiger partial charge on any atom is 0.231 e. The molecule has 0 aliphatic carbocycles. The monoisotopic (exact) mass is 234 g/mol. The number of hydrogen-bond donors (Lipinski definition) is 1. The summed E-state index contributed by atoms with van der Waals surface area (Å²) in [7, 11) is 1.57. The molecule has 3 rings (SSSR count). The molecule has 88 valence electrons. The average Bonchev–Trinajstić information content (AvgIpc) is 2.95. The van der Waals surface area contributed by atoms with Crippen LogP contribution in [0.5, 0.6) is 17.2 Å². The van der Waals surface area contributed by atoms with Gasteiger partial charge >= 0.3 is 0 Å². The van der Waals surface area contributed by atoms with Crippen LogP contribution in [-0.2, 0) is 0 Å². The molecule has 0 spiro atoms. The molecule has 0 unspecified atom stereocenters. The van der Waals surface area contributed by atoms with Gasteiger partial charge in [0, 0.05) is 6.07 Å². The summed E-state index contributed by atoms with van der Waals surface area (Å²) in [5, 5.41) is 3.64. The van der Waals surface area contributed by atoms with E-state index in [4.69, 9.17) is 24.5 Å². The number of aromatic nitrogens is 1. The minimum Gasteiger partial charge on any atom is -0.496 e. The molecular formula is C11H10N2O4. The fourth-order valence-corrected chi connectivity index (χ4v) is 1.76. The van der Waals surface area contributed by atoms with Gasteiger partial charge in [0.2, 0.25) is 6.79 Å². The fraction of sp³-hybridized carbons (Fsp3) is 0.182. The Bertz CT molecular complexity index is 565. The molecule has 0 saturated carbocycles. The van der Waals surface area contributed by atoms with Crippen LogP contribution < -0.4 is 19.9 Å². The summed E-state index contributed by atoms with van der Waals surface area (Å²) in [6, 6.07) is 5.17. The van der Waals surface area contributed by atoms with Crippen molar-refractivity contribution in [3.05, 3.63) is 18.2 Å². The Balaban J connectivity index is 2.23. The van der Waals surface area contributed by atoms with Gasteiger partial charge in [-0.2, -0.15) is 0 Å². The first kappa shape index (κ1) is 9.83. The van der Waals surface area contributed by atoms with E-state index in [1.807, 2.05) is 0 Å². The quantitative estimate of drug-likeness (QED) is 0.851. The van der Waals surface area contributed by atoms with Crippen molar-refractivity contribution in [2.75, 3.05) is 19.6 Å². The second kappa shape index (κ2) is 3.58. The molecule has 0 atom stereocenters. The third-order valence-corrected chi connectivity index (χ3v) is 2.50. The van der Waals surface area contributed by atoms with Gasteiger partial charge in [0.1, 0.15) is 11.3 Å². The van der Waals surface area contributed by atoms with Gasteiger partial charge in [0.05, 0.1) is 7.11 Å². The molecule has 1 aliphatic heterocycles. The second-order valence-corrected chi connectivity index (χ2v) is 3.49. The Hall–Kier alpha value is -2.37. The van der Waals surface area contributed by atoms with Crippen molar-refractivity contribution in [2.24, 2.45) is 0 Å². The summed E-state index contributed by atoms with van der Waals surface area (Å²) in [6.45, 7) is 0.180. The third kappa shape index (κ3) is 1.45. The SMILES string of the molecule is COc1ccc2c(c1-c1cc(N)no1)OCO2. The van der Waals surface area contributed by atoms with Crippen molar-refractivity contribution in [1.82, 2.24) is 5.16 Å². The first-order valence-electron chi connectivity index (χ1n) is 4.98. The number of ether oxygens (including phenoxy) is 3. The molecule has 1 aliphatic rings. The minimum absolute atomic E-state index is 0.180. The van der Waals surface area contributed by atoms with E-state index >= 15 is 0 Å². The Morgan fingerprint density at radius 2 is 2.24 bits per heavy atom. The smallest absolute Gasteiger partial charge is 0.231 e. The number of rotatable bonds is 2. The molecule has 0 amide bonds. The number of methoxy groups -OCH3 is 1. The lowest BCUT2D eigenvalue weighted by molar-refractivity contribution is 0.174. The summed E-state index contributed by atoms with van der Waals surface area (Å²) < 4.78 is 21.1. The van der Waals surface area contributed by atoms with Crippen molar-refractivity contribution in [3.8, 4) is 28.6 Å². The van der Waals surface area contributed by atoms with Crippen molar-refractivity contribution in [3.63, 3.8) is 0 Å². The Kier molecular flexibility index (Phi) is 2.07. The van der Waals surface area contributed by atoms with Crippen LogP contribution in [0.25, 0.3) is 11.3 Å². The van der Waals surface area contributed by atoms with Crippen molar-refractivity contribution in [1.29, 1.82) is 0 Å². The van der Waals surface area contributed by atoms with Crippen LogP contribution in [0.4, 0.5) is 5.82 Å². The zero-order valence-electron chi connectivity index (χ0n) is 9.10. The van der Waals surface area contributed by atoms with Crippen LogP contribution >= 0.6 is 0 Å². The highest BCUT2D eigenvalue weighted by Gasteiger charge is 2.25. The first-order valence-corrected chi connectivity index (χ1v) is 4.98. The maximum absolute atomic E-state index is 5.53. The minimum atomic E-state index is 0.180. The lowest BCUT2D eigenvalue weighted by Gasteiger charge is -2.08. The molecule has 0 radical (unpaired) electrons. The van der Waals surface area contributed by atoms with Gasteiger partial charge in [-0.1, -0.05) is 5.16 Å². The summed E-state index contributed by atoms with van der Waals surface area (Å²) in [6.07, 6.45) is 0. The third-order valence-electron chi connectivity index (χ3n) is 2.50. The van der Waals surface area contributed by atoms with E-state index in [9.17, 15) is 0 Å². The number of fused-ring (bicyclic) bond motifs is 1. The number of benzene rings is 1. The molecule has 6 nitrogen and oxygen atoms in total. The summed E-state index contributed by atoms with van der Waals surface area (Å²) >= 11 is 0. The van der Waals surface area contributed by atoms with Crippen LogP contribution in [-0.4, -0.2) is 19.1 Å². The molecule has 0 saturated heterocycles. The van der Waals surface area contributed by atoms with Gasteiger partial charge < -0.3 is 24.5 Å². The molecule has 0 fully saturated rings.